The summed E-state index contributed by atoms with van der Waals surface area (Å²) >= 11 is 0. The molecular weight excluding hydrogens is 749 g/mol. The van der Waals surface area contributed by atoms with Crippen molar-refractivity contribution in [3.05, 3.63) is 143 Å². The summed E-state index contributed by atoms with van der Waals surface area (Å²) in [7, 11) is 0. The molecule has 6 heterocycles. The second-order valence-corrected chi connectivity index (χ2v) is 13.9. The molecule has 59 heavy (non-hydrogen) atoms. The first kappa shape index (κ1) is 36.8. The van der Waals surface area contributed by atoms with Crippen LogP contribution < -0.4 is 26.7 Å². The molecule has 4 aromatic carbocycles. The van der Waals surface area contributed by atoms with Crippen molar-refractivity contribution in [2.45, 2.75) is 39.3 Å². The number of hydrogen-bond acceptors (Lipinski definition) is 12. The van der Waals surface area contributed by atoms with E-state index in [4.69, 9.17) is 41.4 Å². The average molecular weight is 785 g/mol. The molecular formula is C44H36N10O5. The number of rotatable bonds is 7. The van der Waals surface area contributed by atoms with Gasteiger partial charge in [-0.1, -0.05) is 12.1 Å². The number of nitriles is 1. The smallest absolute Gasteiger partial charge is 0.248 e. The standard InChI is InChI=1S/C22H19N5O3.C22H17N5O2/c1-12-18-17(10-29-12)27(20-19(18)25-11-26-21(20)23)14-5-7-15(8-6-14)30-16-4-2-3-13(9-16)22(24)28;1-13-19-18(11-28-13)27(21-20(19)25-12-26-22(21)24)15-5-7-16(8-6-15)29-17-4-2-3-14(9-17)10-23/h2-9,11-12H,10H2,1H3,(H2,24,28)(H2,23,25,26);2-9,12-13H,11H2,1H3,(H2,24,25,26). The first-order valence-electron chi connectivity index (χ1n) is 18.7. The maximum Gasteiger partial charge on any atom is 0.248 e. The van der Waals surface area contributed by atoms with E-state index in [0.717, 1.165) is 56.0 Å². The van der Waals surface area contributed by atoms with Crippen LogP contribution in [-0.2, 0) is 22.7 Å². The number of amides is 1. The Morgan fingerprint density at radius 3 is 1.63 bits per heavy atom. The van der Waals surface area contributed by atoms with Crippen LogP contribution in [0, 0.1) is 11.3 Å². The number of nitrogens with zero attached hydrogens (tertiary/aromatic N) is 7. The van der Waals surface area contributed by atoms with E-state index in [-0.39, 0.29) is 12.2 Å². The van der Waals surface area contributed by atoms with E-state index in [2.05, 4.69) is 30.6 Å². The molecule has 0 aliphatic carbocycles. The predicted octanol–water partition coefficient (Wildman–Crippen LogP) is 7.74. The highest BCUT2D eigenvalue weighted by Crippen LogP contribution is 2.42. The van der Waals surface area contributed by atoms with Gasteiger partial charge in [-0.2, -0.15) is 5.26 Å². The third kappa shape index (κ3) is 6.67. The zero-order valence-corrected chi connectivity index (χ0v) is 31.9. The minimum Gasteiger partial charge on any atom is -0.457 e. The molecule has 4 aromatic heterocycles. The van der Waals surface area contributed by atoms with Gasteiger partial charge in [0.05, 0.1) is 48.4 Å². The van der Waals surface area contributed by atoms with Crippen LogP contribution in [-0.4, -0.2) is 35.0 Å². The Morgan fingerprint density at radius 2 is 1.15 bits per heavy atom. The van der Waals surface area contributed by atoms with E-state index < -0.39 is 5.91 Å². The SMILES string of the molecule is CC1OCc2c1c1ncnc(N)c1n2-c1ccc(Oc2cccc(C#N)c2)cc1.CC1OCc2c1c1ncnc(N)c1n2-c1ccc(Oc2cccc(C(N)=O)c2)cc1. The van der Waals surface area contributed by atoms with E-state index >= 15 is 0 Å². The maximum absolute atomic E-state index is 11.4. The van der Waals surface area contributed by atoms with Gasteiger partial charge >= 0.3 is 0 Å². The van der Waals surface area contributed by atoms with Crippen molar-refractivity contribution in [2.75, 3.05) is 11.5 Å². The summed E-state index contributed by atoms with van der Waals surface area (Å²) in [4.78, 5) is 28.6. The van der Waals surface area contributed by atoms with Crippen LogP contribution in [0.2, 0.25) is 0 Å². The van der Waals surface area contributed by atoms with Gasteiger partial charge in [-0.15, -0.1) is 0 Å². The molecule has 1 amide bonds. The fraction of sp³-hybridized carbons (Fsp3) is 0.136. The van der Waals surface area contributed by atoms with E-state index in [1.165, 1.54) is 12.7 Å². The summed E-state index contributed by atoms with van der Waals surface area (Å²) in [6, 6.07) is 31.2. The number of ether oxygens (including phenoxy) is 4. The van der Waals surface area contributed by atoms with Crippen LogP contribution in [0.4, 0.5) is 11.6 Å². The summed E-state index contributed by atoms with van der Waals surface area (Å²) in [5.74, 6) is 2.80. The lowest BCUT2D eigenvalue weighted by Gasteiger charge is -2.12. The Balaban J connectivity index is 0.000000152. The van der Waals surface area contributed by atoms with Crippen molar-refractivity contribution < 1.29 is 23.7 Å². The fourth-order valence-corrected chi connectivity index (χ4v) is 7.63. The van der Waals surface area contributed by atoms with Crippen molar-refractivity contribution in [2.24, 2.45) is 5.73 Å². The molecule has 10 rings (SSSR count). The molecule has 0 radical (unpaired) electrons. The number of fused-ring (bicyclic) bond motifs is 6. The number of anilines is 2. The topological polar surface area (TPSA) is 217 Å². The van der Waals surface area contributed by atoms with Crippen LogP contribution in [0.15, 0.2) is 110 Å². The zero-order valence-electron chi connectivity index (χ0n) is 31.9. The van der Waals surface area contributed by atoms with Gasteiger partial charge in [-0.25, -0.2) is 19.9 Å². The van der Waals surface area contributed by atoms with Crippen LogP contribution in [0.3, 0.4) is 0 Å². The lowest BCUT2D eigenvalue weighted by Crippen LogP contribution is -2.10. The number of aromatic nitrogens is 6. The number of benzene rings is 4. The second-order valence-electron chi connectivity index (χ2n) is 13.9. The van der Waals surface area contributed by atoms with Gasteiger partial charge < -0.3 is 45.3 Å². The third-order valence-corrected chi connectivity index (χ3v) is 10.3. The Hall–Kier alpha value is -7.80. The van der Waals surface area contributed by atoms with Crippen molar-refractivity contribution in [1.82, 2.24) is 29.1 Å². The van der Waals surface area contributed by atoms with Crippen molar-refractivity contribution in [3.63, 3.8) is 0 Å². The third-order valence-electron chi connectivity index (χ3n) is 10.3. The van der Waals surface area contributed by atoms with Crippen molar-refractivity contribution in [1.29, 1.82) is 5.26 Å². The highest BCUT2D eigenvalue weighted by atomic mass is 16.5. The Morgan fingerprint density at radius 1 is 0.678 bits per heavy atom. The van der Waals surface area contributed by atoms with Crippen LogP contribution >= 0.6 is 0 Å². The number of carbonyl (C=O) groups is 1. The fourth-order valence-electron chi connectivity index (χ4n) is 7.63. The van der Waals surface area contributed by atoms with Gasteiger partial charge in [0, 0.05) is 28.1 Å². The summed E-state index contributed by atoms with van der Waals surface area (Å²) in [6.45, 7) is 4.99. The zero-order chi connectivity index (χ0) is 40.8. The van der Waals surface area contributed by atoms with Gasteiger partial charge in [0.1, 0.15) is 57.7 Å². The van der Waals surface area contributed by atoms with E-state index in [1.54, 1.807) is 42.5 Å². The maximum atomic E-state index is 11.4. The molecule has 6 N–H and O–H groups in total. The quantitative estimate of drug-likeness (QED) is 0.141. The number of nitrogens with two attached hydrogens (primary N) is 3. The number of hydrogen-bond donors (Lipinski definition) is 3. The molecule has 0 bridgehead atoms. The molecule has 0 spiro atoms. The molecule has 0 saturated heterocycles. The highest BCUT2D eigenvalue weighted by Gasteiger charge is 2.32. The first-order chi connectivity index (χ1) is 28.7. The summed E-state index contributed by atoms with van der Waals surface area (Å²) in [5, 5.41) is 9.04. The predicted molar refractivity (Wildman–Crippen MR) is 219 cm³/mol. The average Bonchev–Trinajstić information content (AvgIpc) is 4.00. The van der Waals surface area contributed by atoms with Crippen molar-refractivity contribution in [3.8, 4) is 40.4 Å². The highest BCUT2D eigenvalue weighted by molar-refractivity contribution is 5.94. The molecule has 0 saturated carbocycles. The van der Waals surface area contributed by atoms with Gasteiger partial charge in [0.25, 0.3) is 0 Å². The number of primary amides is 1. The number of nitrogen functional groups attached to an aromatic ring is 2. The largest absolute Gasteiger partial charge is 0.457 e. The number of carbonyl (C=O) groups excluding carboxylic acids is 1. The molecule has 15 nitrogen and oxygen atoms in total. The second kappa shape index (κ2) is 14.9. The van der Waals surface area contributed by atoms with E-state index in [9.17, 15) is 4.79 Å². The Bertz CT molecular complexity index is 2950. The van der Waals surface area contributed by atoms with Crippen LogP contribution in [0.25, 0.3) is 33.4 Å². The first-order valence-corrected chi connectivity index (χ1v) is 18.7. The van der Waals surface area contributed by atoms with Gasteiger partial charge in [-0.05, 0) is 98.8 Å². The Kier molecular flexibility index (Phi) is 9.32. The summed E-state index contributed by atoms with van der Waals surface area (Å²) in [5.41, 5.74) is 27.9. The van der Waals surface area contributed by atoms with Gasteiger partial charge in [-0.3, -0.25) is 4.79 Å². The lowest BCUT2D eigenvalue weighted by molar-refractivity contribution is 0.0781. The molecule has 2 atom stereocenters. The van der Waals surface area contributed by atoms with E-state index in [0.29, 0.717) is 59.0 Å². The van der Waals surface area contributed by atoms with Gasteiger partial charge in [0.15, 0.2) is 11.6 Å². The lowest BCUT2D eigenvalue weighted by atomic mass is 10.1. The van der Waals surface area contributed by atoms with E-state index in [1.807, 2.05) is 73.0 Å². The molecule has 8 aromatic rings. The monoisotopic (exact) mass is 784 g/mol. The molecule has 2 unspecified atom stereocenters. The molecule has 15 heteroatoms. The minimum absolute atomic E-state index is 0.0435. The Labute approximate surface area is 337 Å². The van der Waals surface area contributed by atoms with Gasteiger partial charge in [0.2, 0.25) is 5.91 Å². The molecule has 2 aliphatic heterocycles. The van der Waals surface area contributed by atoms with Crippen molar-refractivity contribution >= 4 is 39.6 Å². The minimum atomic E-state index is -0.500. The molecule has 292 valence electrons. The van der Waals surface area contributed by atoms with Crippen LogP contribution in [0.1, 0.15) is 64.5 Å². The van der Waals surface area contributed by atoms with Crippen LogP contribution in [0.5, 0.6) is 23.0 Å². The molecule has 2 aliphatic rings. The summed E-state index contributed by atoms with van der Waals surface area (Å²) < 4.78 is 27.5. The normalized spacial score (nSPS) is 15.3. The summed E-state index contributed by atoms with van der Waals surface area (Å²) in [6.07, 6.45) is 2.86. The molecule has 0 fully saturated rings.